The molecular formula is C31H32ClFN6O2S. The number of likely N-dealkylation sites (N-methyl/N-ethyl adjacent to an activating group) is 1. The van der Waals surface area contributed by atoms with Gasteiger partial charge in [-0.1, -0.05) is 23.7 Å². The van der Waals surface area contributed by atoms with E-state index in [4.69, 9.17) is 26.2 Å². The first-order valence-electron chi connectivity index (χ1n) is 13.9. The van der Waals surface area contributed by atoms with Crippen molar-refractivity contribution in [1.29, 1.82) is 0 Å². The summed E-state index contributed by atoms with van der Waals surface area (Å²) in [6, 6.07) is 11.8. The molecule has 0 saturated carbocycles. The van der Waals surface area contributed by atoms with Gasteiger partial charge < -0.3 is 19.7 Å². The Morgan fingerprint density at radius 3 is 2.88 bits per heavy atom. The van der Waals surface area contributed by atoms with Crippen LogP contribution in [0.2, 0.25) is 5.02 Å². The molecule has 6 rings (SSSR count). The second kappa shape index (κ2) is 12.7. The highest BCUT2D eigenvalue weighted by Crippen LogP contribution is 2.45. The van der Waals surface area contributed by atoms with Crippen LogP contribution >= 0.6 is 22.9 Å². The molecule has 8 nitrogen and oxygen atoms in total. The van der Waals surface area contributed by atoms with Crippen molar-refractivity contribution in [3.63, 3.8) is 0 Å². The Bertz CT molecular complexity index is 1710. The Kier molecular flexibility index (Phi) is 8.66. The maximum absolute atomic E-state index is 13.5. The summed E-state index contributed by atoms with van der Waals surface area (Å²) in [7, 11) is 3.86. The minimum absolute atomic E-state index is 0.224. The van der Waals surface area contributed by atoms with Crippen molar-refractivity contribution in [3.8, 4) is 16.2 Å². The van der Waals surface area contributed by atoms with Gasteiger partial charge in [-0.15, -0.1) is 11.3 Å². The van der Waals surface area contributed by atoms with Gasteiger partial charge in [-0.25, -0.2) is 14.4 Å². The molecule has 0 aliphatic heterocycles. The number of hydrogen-bond donors (Lipinski definition) is 1. The van der Waals surface area contributed by atoms with E-state index in [1.807, 2.05) is 24.4 Å². The van der Waals surface area contributed by atoms with Gasteiger partial charge in [-0.05, 0) is 74.3 Å². The van der Waals surface area contributed by atoms with Gasteiger partial charge in [-0.3, -0.25) is 4.68 Å². The van der Waals surface area contributed by atoms with Crippen LogP contribution in [-0.2, 0) is 30.7 Å². The molecule has 3 heterocycles. The fraction of sp³-hybridized carbons (Fsp3) is 0.323. The molecule has 0 unspecified atom stereocenters. The number of aryl methyl sites for hydroxylation is 2. The molecule has 0 spiro atoms. The average Bonchev–Trinajstić information content (AvgIpc) is 3.57. The van der Waals surface area contributed by atoms with Crippen LogP contribution in [0.3, 0.4) is 0 Å². The molecule has 1 N–H and O–H groups in total. The molecule has 0 saturated heterocycles. The molecule has 0 atom stereocenters. The number of benzene rings is 2. The lowest BCUT2D eigenvalue weighted by Gasteiger charge is -2.18. The summed E-state index contributed by atoms with van der Waals surface area (Å²) in [5, 5.41) is 9.70. The summed E-state index contributed by atoms with van der Waals surface area (Å²) >= 11 is 8.24. The lowest BCUT2D eigenvalue weighted by molar-refractivity contribution is 0.159. The van der Waals surface area contributed by atoms with E-state index in [-0.39, 0.29) is 12.4 Å². The summed E-state index contributed by atoms with van der Waals surface area (Å²) in [6.07, 6.45) is 6.45. The smallest absolute Gasteiger partial charge is 0.142 e. The van der Waals surface area contributed by atoms with Crippen LogP contribution in [0, 0.1) is 5.82 Å². The highest BCUT2D eigenvalue weighted by molar-refractivity contribution is 7.22. The first kappa shape index (κ1) is 28.5. The van der Waals surface area contributed by atoms with Crippen LogP contribution < -0.4 is 10.1 Å². The van der Waals surface area contributed by atoms with Gasteiger partial charge in [0.25, 0.3) is 0 Å². The summed E-state index contributed by atoms with van der Waals surface area (Å²) < 4.78 is 26.7. The maximum atomic E-state index is 13.5. The predicted octanol–water partition coefficient (Wildman–Crippen LogP) is 6.74. The molecule has 42 heavy (non-hydrogen) atoms. The van der Waals surface area contributed by atoms with Crippen LogP contribution in [0.15, 0.2) is 55.0 Å². The third-order valence-corrected chi connectivity index (χ3v) is 8.93. The van der Waals surface area contributed by atoms with Gasteiger partial charge >= 0.3 is 0 Å². The number of thiophene rings is 1. The number of fused-ring (bicyclic) bond motifs is 5. The van der Waals surface area contributed by atoms with Crippen molar-refractivity contribution in [2.45, 2.75) is 32.4 Å². The van der Waals surface area contributed by atoms with E-state index in [0.717, 1.165) is 72.8 Å². The van der Waals surface area contributed by atoms with Gasteiger partial charge in [0.05, 0.1) is 23.2 Å². The van der Waals surface area contributed by atoms with Gasteiger partial charge in [0.2, 0.25) is 0 Å². The summed E-state index contributed by atoms with van der Waals surface area (Å²) in [5.41, 5.74) is 5.26. The Morgan fingerprint density at radius 2 is 2.05 bits per heavy atom. The van der Waals surface area contributed by atoms with Crippen LogP contribution in [0.4, 0.5) is 15.9 Å². The van der Waals surface area contributed by atoms with Crippen molar-refractivity contribution in [2.24, 2.45) is 0 Å². The Balaban J connectivity index is 1.18. The van der Waals surface area contributed by atoms with E-state index in [0.29, 0.717) is 10.8 Å². The molecule has 0 fully saturated rings. The number of anilines is 2. The average molecular weight is 607 g/mol. The molecule has 0 bridgehead atoms. The van der Waals surface area contributed by atoms with Crippen molar-refractivity contribution < 1.29 is 13.9 Å². The SMILES string of the molecule is COCCN(C)CCCn1ncc2c1CCc1c-2sc2ncnc(Nc3ccc(OCc4cccc(F)c4)c(Cl)c3)c12. The fourth-order valence-electron chi connectivity index (χ4n) is 5.31. The number of nitrogens with zero attached hydrogens (tertiary/aromatic N) is 5. The van der Waals surface area contributed by atoms with Crippen molar-refractivity contribution in [3.05, 3.63) is 82.6 Å². The van der Waals surface area contributed by atoms with Crippen molar-refractivity contribution >= 4 is 44.7 Å². The molecule has 218 valence electrons. The lowest BCUT2D eigenvalue weighted by Crippen LogP contribution is -2.25. The standard InChI is InChI=1S/C31H32ClFN6O2S/c1-38(13-14-40-2)11-4-12-39-26-9-8-23-28-30(34-19-35-31(28)42-29(23)24(26)17-36-39)37-22-7-10-27(25(32)16-22)41-18-20-5-3-6-21(33)15-20/h3,5-7,10,15-17,19H,4,8-9,11-14,18H2,1-2H3,(H,34,35,37). The van der Waals surface area contributed by atoms with Gasteiger partial charge in [0, 0.05) is 42.0 Å². The summed E-state index contributed by atoms with van der Waals surface area (Å²) in [4.78, 5) is 13.7. The molecule has 0 amide bonds. The molecular weight excluding hydrogens is 575 g/mol. The predicted molar refractivity (Wildman–Crippen MR) is 166 cm³/mol. The number of rotatable bonds is 12. The number of methoxy groups -OCH3 is 1. The molecule has 1 aliphatic rings. The maximum Gasteiger partial charge on any atom is 0.142 e. The zero-order chi connectivity index (χ0) is 29.1. The third-order valence-electron chi connectivity index (χ3n) is 7.46. The van der Waals surface area contributed by atoms with Crippen LogP contribution in [0.25, 0.3) is 20.7 Å². The zero-order valence-electron chi connectivity index (χ0n) is 23.6. The highest BCUT2D eigenvalue weighted by atomic mass is 35.5. The first-order valence-corrected chi connectivity index (χ1v) is 15.1. The van der Waals surface area contributed by atoms with Gasteiger partial charge in [0.15, 0.2) is 0 Å². The van der Waals surface area contributed by atoms with Crippen molar-refractivity contribution in [1.82, 2.24) is 24.6 Å². The first-order chi connectivity index (χ1) is 20.5. The number of aromatic nitrogens is 4. The number of hydrogen-bond acceptors (Lipinski definition) is 8. The fourth-order valence-corrected chi connectivity index (χ4v) is 6.77. The number of nitrogens with one attached hydrogen (secondary N) is 1. The van der Waals surface area contributed by atoms with Crippen LogP contribution in [0.5, 0.6) is 5.75 Å². The summed E-state index contributed by atoms with van der Waals surface area (Å²) in [6.45, 7) is 3.79. The minimum atomic E-state index is -0.295. The van der Waals surface area contributed by atoms with E-state index in [1.165, 1.54) is 33.8 Å². The summed E-state index contributed by atoms with van der Waals surface area (Å²) in [5.74, 6) is 0.978. The molecule has 0 radical (unpaired) electrons. The Morgan fingerprint density at radius 1 is 1.14 bits per heavy atom. The van der Waals surface area contributed by atoms with Crippen LogP contribution in [-0.4, -0.2) is 58.5 Å². The van der Waals surface area contributed by atoms with Crippen LogP contribution in [0.1, 0.15) is 23.2 Å². The largest absolute Gasteiger partial charge is 0.487 e. The third kappa shape index (κ3) is 6.12. The Labute approximate surface area is 253 Å². The second-order valence-corrected chi connectivity index (χ2v) is 11.8. The zero-order valence-corrected chi connectivity index (χ0v) is 25.1. The number of ether oxygens (including phenoxy) is 2. The lowest BCUT2D eigenvalue weighted by atomic mass is 9.95. The van der Waals surface area contributed by atoms with Crippen molar-refractivity contribution in [2.75, 3.05) is 39.2 Å². The molecule has 1 aliphatic carbocycles. The molecule has 11 heteroatoms. The molecule has 2 aromatic carbocycles. The molecule has 5 aromatic rings. The minimum Gasteiger partial charge on any atom is -0.487 e. The highest BCUT2D eigenvalue weighted by Gasteiger charge is 2.27. The molecule has 3 aromatic heterocycles. The van der Waals surface area contributed by atoms with E-state index in [2.05, 4.69) is 31.9 Å². The second-order valence-electron chi connectivity index (χ2n) is 10.4. The van der Waals surface area contributed by atoms with Gasteiger partial charge in [-0.2, -0.15) is 5.10 Å². The normalized spacial score (nSPS) is 12.5. The topological polar surface area (TPSA) is 77.3 Å². The Hall–Kier alpha value is -3.57. The van der Waals surface area contributed by atoms with E-state index in [1.54, 1.807) is 36.9 Å². The van der Waals surface area contributed by atoms with E-state index in [9.17, 15) is 4.39 Å². The van der Waals surface area contributed by atoms with Gasteiger partial charge in [0.1, 0.15) is 35.1 Å². The van der Waals surface area contributed by atoms with E-state index < -0.39 is 0 Å². The monoisotopic (exact) mass is 606 g/mol. The quantitative estimate of drug-likeness (QED) is 0.169. The number of halogens is 2. The van der Waals surface area contributed by atoms with E-state index >= 15 is 0 Å².